The summed E-state index contributed by atoms with van der Waals surface area (Å²) in [6.45, 7) is 0.167. The number of thioether (sulfide) groups is 1. The van der Waals surface area contributed by atoms with Crippen LogP contribution in [0.15, 0.2) is 21.5 Å². The van der Waals surface area contributed by atoms with Crippen molar-refractivity contribution in [2.24, 2.45) is 0 Å². The van der Waals surface area contributed by atoms with Crippen LogP contribution in [0.2, 0.25) is 0 Å². The number of sulfonamides is 1. The Morgan fingerprint density at radius 2 is 2.21 bits per heavy atom. The Hall–Kier alpha value is -0.750. The summed E-state index contributed by atoms with van der Waals surface area (Å²) < 4.78 is 39.9. The van der Waals surface area contributed by atoms with Gasteiger partial charge in [0, 0.05) is 18.0 Å². The van der Waals surface area contributed by atoms with Gasteiger partial charge >= 0.3 is 0 Å². The zero-order chi connectivity index (χ0) is 14.5. The van der Waals surface area contributed by atoms with Crippen molar-refractivity contribution < 1.29 is 12.8 Å². The predicted octanol–water partition coefficient (Wildman–Crippen LogP) is 1.82. The van der Waals surface area contributed by atoms with Gasteiger partial charge in [-0.15, -0.1) is 18.2 Å². The van der Waals surface area contributed by atoms with Crippen molar-refractivity contribution in [3.63, 3.8) is 0 Å². The molecule has 0 aromatic heterocycles. The first-order valence-electron chi connectivity index (χ1n) is 5.14. The highest BCUT2D eigenvalue weighted by atomic mass is 79.9. The lowest BCUT2D eigenvalue weighted by atomic mass is 10.3. The van der Waals surface area contributed by atoms with Gasteiger partial charge in [0.15, 0.2) is 5.82 Å². The molecule has 19 heavy (non-hydrogen) atoms. The smallest absolute Gasteiger partial charge is 0.243 e. The van der Waals surface area contributed by atoms with Crippen LogP contribution < -0.4 is 10.5 Å². The van der Waals surface area contributed by atoms with Crippen molar-refractivity contribution in [1.29, 1.82) is 0 Å². The number of rotatable bonds is 6. The maximum atomic E-state index is 13.8. The predicted molar refractivity (Wildman–Crippen MR) is 79.9 cm³/mol. The third kappa shape index (κ3) is 4.69. The van der Waals surface area contributed by atoms with Gasteiger partial charge in [0.1, 0.15) is 4.90 Å². The van der Waals surface area contributed by atoms with Crippen molar-refractivity contribution >= 4 is 43.4 Å². The van der Waals surface area contributed by atoms with E-state index in [1.165, 1.54) is 17.8 Å². The second kappa shape index (κ2) is 7.14. The van der Waals surface area contributed by atoms with Gasteiger partial charge < -0.3 is 5.73 Å². The monoisotopic (exact) mass is 366 g/mol. The molecular formula is C11H12BrFN2O2S2. The van der Waals surface area contributed by atoms with E-state index in [4.69, 9.17) is 12.2 Å². The fourth-order valence-electron chi connectivity index (χ4n) is 1.24. The van der Waals surface area contributed by atoms with Crippen LogP contribution in [0.5, 0.6) is 0 Å². The largest absolute Gasteiger partial charge is 0.399 e. The minimum Gasteiger partial charge on any atom is -0.399 e. The Kier molecular flexibility index (Phi) is 6.13. The van der Waals surface area contributed by atoms with E-state index in [-0.39, 0.29) is 16.7 Å². The molecule has 1 rings (SSSR count). The molecule has 4 nitrogen and oxygen atoms in total. The summed E-state index contributed by atoms with van der Waals surface area (Å²) in [6.07, 6.45) is 5.06. The van der Waals surface area contributed by atoms with Gasteiger partial charge in [-0.1, -0.05) is 5.92 Å². The first kappa shape index (κ1) is 16.3. The topological polar surface area (TPSA) is 72.2 Å². The molecule has 0 bridgehead atoms. The molecule has 0 aliphatic carbocycles. The number of benzene rings is 1. The summed E-state index contributed by atoms with van der Waals surface area (Å²) in [4.78, 5) is -0.471. The standard InChI is InChI=1S/C11H12BrFN2O2S2/c1-2-4-18-5-3-15-19(16,17)10-7-8(14)6-9(12)11(10)13/h1,6-7,15H,3-5,14H2. The fourth-order valence-corrected chi connectivity index (χ4v) is 3.65. The lowest BCUT2D eigenvalue weighted by Gasteiger charge is -2.09. The zero-order valence-corrected chi connectivity index (χ0v) is 13.0. The van der Waals surface area contributed by atoms with Crippen LogP contribution in [0.3, 0.4) is 0 Å². The third-order valence-corrected chi connectivity index (χ3v) is 4.93. The van der Waals surface area contributed by atoms with E-state index in [9.17, 15) is 12.8 Å². The molecule has 0 heterocycles. The Labute approximate surface area is 124 Å². The molecule has 0 saturated carbocycles. The molecule has 0 fully saturated rings. The number of hydrogen-bond acceptors (Lipinski definition) is 4. The fraction of sp³-hybridized carbons (Fsp3) is 0.273. The maximum Gasteiger partial charge on any atom is 0.243 e. The highest BCUT2D eigenvalue weighted by Gasteiger charge is 2.21. The van der Waals surface area contributed by atoms with E-state index in [0.717, 1.165) is 6.07 Å². The minimum absolute atomic E-state index is 0.00887. The molecule has 1 aromatic carbocycles. The van der Waals surface area contributed by atoms with Crippen LogP contribution >= 0.6 is 27.7 Å². The van der Waals surface area contributed by atoms with Gasteiger partial charge in [-0.2, -0.15) is 0 Å². The van der Waals surface area contributed by atoms with Crippen molar-refractivity contribution in [2.75, 3.05) is 23.8 Å². The second-order valence-corrected chi connectivity index (χ2v) is 7.16. The average Bonchev–Trinajstić information content (AvgIpc) is 2.33. The SMILES string of the molecule is C#CCSCCNS(=O)(=O)c1cc(N)cc(Br)c1F. The number of nitrogens with one attached hydrogen (secondary N) is 1. The summed E-state index contributed by atoms with van der Waals surface area (Å²) in [7, 11) is -3.92. The van der Waals surface area contributed by atoms with Crippen LogP contribution in [0.4, 0.5) is 10.1 Å². The molecule has 0 atom stereocenters. The molecule has 0 amide bonds. The first-order valence-corrected chi connectivity index (χ1v) is 8.57. The molecule has 1 aromatic rings. The quantitative estimate of drug-likeness (QED) is 0.457. The van der Waals surface area contributed by atoms with Crippen molar-refractivity contribution in [2.45, 2.75) is 4.90 Å². The van der Waals surface area contributed by atoms with E-state index in [1.54, 1.807) is 0 Å². The third-order valence-electron chi connectivity index (χ3n) is 2.03. The van der Waals surface area contributed by atoms with Crippen molar-refractivity contribution in [3.8, 4) is 12.3 Å². The number of anilines is 1. The van der Waals surface area contributed by atoms with Gasteiger partial charge in [0.2, 0.25) is 10.0 Å². The Morgan fingerprint density at radius 3 is 2.84 bits per heavy atom. The Balaban J connectivity index is 2.81. The molecule has 104 valence electrons. The molecule has 0 aliphatic heterocycles. The summed E-state index contributed by atoms with van der Waals surface area (Å²) in [5, 5.41) is 0. The molecule has 0 unspecified atom stereocenters. The summed E-state index contributed by atoms with van der Waals surface area (Å²) in [6, 6.07) is 2.38. The number of hydrogen-bond donors (Lipinski definition) is 2. The van der Waals surface area contributed by atoms with Gasteiger partial charge in [-0.3, -0.25) is 0 Å². The second-order valence-electron chi connectivity index (χ2n) is 3.47. The molecular weight excluding hydrogens is 355 g/mol. The highest BCUT2D eigenvalue weighted by Crippen LogP contribution is 2.25. The van der Waals surface area contributed by atoms with Gasteiger partial charge in [0.05, 0.1) is 10.2 Å². The van der Waals surface area contributed by atoms with Crippen LogP contribution in [0, 0.1) is 18.2 Å². The minimum atomic E-state index is -3.92. The zero-order valence-electron chi connectivity index (χ0n) is 9.82. The van der Waals surface area contributed by atoms with E-state index >= 15 is 0 Å². The average molecular weight is 367 g/mol. The summed E-state index contributed by atoms with van der Waals surface area (Å²) in [5.41, 5.74) is 5.67. The van der Waals surface area contributed by atoms with E-state index in [0.29, 0.717) is 11.5 Å². The molecule has 3 N–H and O–H groups in total. The Bertz CT molecular complexity index is 599. The lowest BCUT2D eigenvalue weighted by molar-refractivity contribution is 0.556. The normalized spacial score (nSPS) is 11.2. The van der Waals surface area contributed by atoms with E-state index in [2.05, 4.69) is 26.6 Å². The molecule has 8 heteroatoms. The molecule has 0 spiro atoms. The summed E-state index contributed by atoms with van der Waals surface area (Å²) >= 11 is 4.33. The molecule has 0 saturated heterocycles. The molecule has 0 aliphatic rings. The highest BCUT2D eigenvalue weighted by molar-refractivity contribution is 9.10. The van der Waals surface area contributed by atoms with Crippen LogP contribution in [0.25, 0.3) is 0 Å². The van der Waals surface area contributed by atoms with Crippen molar-refractivity contribution in [3.05, 3.63) is 22.4 Å². The lowest BCUT2D eigenvalue weighted by Crippen LogP contribution is -2.27. The van der Waals surface area contributed by atoms with E-state index in [1.807, 2.05) is 0 Å². The number of nitrogens with two attached hydrogens (primary N) is 1. The van der Waals surface area contributed by atoms with Crippen LogP contribution in [-0.2, 0) is 10.0 Å². The number of terminal acetylenes is 1. The molecule has 0 radical (unpaired) electrons. The van der Waals surface area contributed by atoms with Crippen molar-refractivity contribution in [1.82, 2.24) is 4.72 Å². The number of halogens is 2. The number of nitrogen functional groups attached to an aromatic ring is 1. The Morgan fingerprint density at radius 1 is 1.53 bits per heavy atom. The van der Waals surface area contributed by atoms with Crippen LogP contribution in [-0.4, -0.2) is 26.5 Å². The van der Waals surface area contributed by atoms with Crippen LogP contribution in [0.1, 0.15) is 0 Å². The van der Waals surface area contributed by atoms with Gasteiger partial charge in [-0.25, -0.2) is 17.5 Å². The van der Waals surface area contributed by atoms with Gasteiger partial charge in [0.25, 0.3) is 0 Å². The maximum absolute atomic E-state index is 13.8. The first-order chi connectivity index (χ1) is 8.88. The summed E-state index contributed by atoms with van der Waals surface area (Å²) in [5.74, 6) is 2.57. The van der Waals surface area contributed by atoms with E-state index < -0.39 is 20.7 Å². The van der Waals surface area contributed by atoms with Gasteiger partial charge in [-0.05, 0) is 28.1 Å².